The molecule has 2 aromatic carbocycles. The van der Waals surface area contributed by atoms with Crippen LogP contribution in [0.1, 0.15) is 17.4 Å². The van der Waals surface area contributed by atoms with E-state index in [-0.39, 0.29) is 11.5 Å². The molecule has 1 atom stereocenters. The Hall–Kier alpha value is -3.46. The van der Waals surface area contributed by atoms with Crippen LogP contribution in [0.15, 0.2) is 42.5 Å². The number of hydrogen-bond acceptors (Lipinski definition) is 7. The van der Waals surface area contributed by atoms with Crippen molar-refractivity contribution < 1.29 is 14.4 Å². The van der Waals surface area contributed by atoms with Gasteiger partial charge in [-0.1, -0.05) is 12.1 Å². The maximum absolute atomic E-state index is 11.0. The summed E-state index contributed by atoms with van der Waals surface area (Å²) in [6, 6.07) is 11.0. The lowest BCUT2D eigenvalue weighted by Crippen LogP contribution is -2.13. The van der Waals surface area contributed by atoms with Crippen LogP contribution in [0.3, 0.4) is 0 Å². The average Bonchev–Trinajstić information content (AvgIpc) is 3.17. The zero-order valence-corrected chi connectivity index (χ0v) is 14.2. The molecular weight excluding hydrogens is 338 g/mol. The molecule has 1 unspecified atom stereocenters. The number of H-pyrrole nitrogens is 1. The molecule has 0 aliphatic carbocycles. The molecule has 9 nitrogen and oxygen atoms in total. The summed E-state index contributed by atoms with van der Waals surface area (Å²) in [5.41, 5.74) is 7.38. The molecule has 3 rings (SSSR count). The molecule has 0 aliphatic rings. The fourth-order valence-electron chi connectivity index (χ4n) is 2.49. The molecule has 0 saturated carbocycles. The number of nitrogens with two attached hydrogens (primary N) is 1. The van der Waals surface area contributed by atoms with Crippen molar-refractivity contribution in [3.63, 3.8) is 0 Å². The Morgan fingerprint density at radius 2 is 1.88 bits per heavy atom. The minimum Gasteiger partial charge on any atom is -0.497 e. The monoisotopic (exact) mass is 355 g/mol. The van der Waals surface area contributed by atoms with Crippen molar-refractivity contribution in [1.29, 1.82) is 0 Å². The van der Waals surface area contributed by atoms with Gasteiger partial charge in [0.2, 0.25) is 0 Å². The second-order valence-corrected chi connectivity index (χ2v) is 5.44. The van der Waals surface area contributed by atoms with E-state index in [0.29, 0.717) is 17.1 Å². The zero-order valence-electron chi connectivity index (χ0n) is 14.2. The van der Waals surface area contributed by atoms with Crippen LogP contribution in [0.25, 0.3) is 11.4 Å². The van der Waals surface area contributed by atoms with Gasteiger partial charge in [0.05, 0.1) is 30.7 Å². The summed E-state index contributed by atoms with van der Waals surface area (Å²) in [6.45, 7) is 0. The Morgan fingerprint density at radius 3 is 2.50 bits per heavy atom. The highest BCUT2D eigenvalue weighted by molar-refractivity contribution is 5.67. The van der Waals surface area contributed by atoms with E-state index in [0.717, 1.165) is 11.3 Å². The maximum Gasteiger partial charge on any atom is 0.270 e. The Kier molecular flexibility index (Phi) is 4.81. The Morgan fingerprint density at radius 1 is 1.15 bits per heavy atom. The van der Waals surface area contributed by atoms with E-state index in [9.17, 15) is 10.1 Å². The SMILES string of the molecule is COc1ccc(C(N)c2nc(-c3cc([N+](=O)[O-])ccc3OC)n[nH]2)cc1. The third kappa shape index (κ3) is 3.33. The normalized spacial score (nSPS) is 11.8. The second kappa shape index (κ2) is 7.19. The predicted octanol–water partition coefficient (Wildman–Crippen LogP) is 2.45. The fraction of sp³-hybridized carbons (Fsp3) is 0.176. The zero-order chi connectivity index (χ0) is 18.7. The summed E-state index contributed by atoms with van der Waals surface area (Å²) in [7, 11) is 3.06. The van der Waals surface area contributed by atoms with Crippen molar-refractivity contribution in [2.45, 2.75) is 6.04 Å². The van der Waals surface area contributed by atoms with Gasteiger partial charge in [0.25, 0.3) is 5.69 Å². The van der Waals surface area contributed by atoms with Gasteiger partial charge < -0.3 is 15.2 Å². The van der Waals surface area contributed by atoms with Gasteiger partial charge in [-0.2, -0.15) is 5.10 Å². The maximum atomic E-state index is 11.0. The van der Waals surface area contributed by atoms with Gasteiger partial charge in [-0.15, -0.1) is 0 Å². The third-order valence-corrected chi connectivity index (χ3v) is 3.91. The quantitative estimate of drug-likeness (QED) is 0.513. The van der Waals surface area contributed by atoms with Crippen LogP contribution in [0, 0.1) is 10.1 Å². The standard InChI is InChI=1S/C17H17N5O4/c1-25-12-6-3-10(4-7-12)15(18)17-19-16(20-21-17)13-9-11(22(23)24)5-8-14(13)26-2/h3-9,15H,18H2,1-2H3,(H,19,20,21). The van der Waals surface area contributed by atoms with Gasteiger partial charge in [-0.25, -0.2) is 4.98 Å². The van der Waals surface area contributed by atoms with E-state index in [4.69, 9.17) is 15.2 Å². The van der Waals surface area contributed by atoms with Crippen LogP contribution < -0.4 is 15.2 Å². The number of rotatable bonds is 6. The molecule has 0 spiro atoms. The number of aromatic nitrogens is 3. The molecule has 0 bridgehead atoms. The molecule has 0 amide bonds. The van der Waals surface area contributed by atoms with E-state index in [2.05, 4.69) is 15.2 Å². The van der Waals surface area contributed by atoms with Gasteiger partial charge in [-0.05, 0) is 23.8 Å². The number of ether oxygens (including phenoxy) is 2. The molecule has 1 aromatic heterocycles. The first-order chi connectivity index (χ1) is 12.5. The smallest absolute Gasteiger partial charge is 0.270 e. The highest BCUT2D eigenvalue weighted by Gasteiger charge is 2.19. The topological polar surface area (TPSA) is 129 Å². The molecule has 0 aliphatic heterocycles. The molecule has 1 heterocycles. The van der Waals surface area contributed by atoms with E-state index in [1.54, 1.807) is 19.2 Å². The number of methoxy groups -OCH3 is 2. The largest absolute Gasteiger partial charge is 0.497 e. The van der Waals surface area contributed by atoms with Gasteiger partial charge in [-0.3, -0.25) is 15.2 Å². The average molecular weight is 355 g/mol. The summed E-state index contributed by atoms with van der Waals surface area (Å²) >= 11 is 0. The lowest BCUT2D eigenvalue weighted by atomic mass is 10.1. The van der Waals surface area contributed by atoms with Crippen LogP contribution in [0.5, 0.6) is 11.5 Å². The lowest BCUT2D eigenvalue weighted by molar-refractivity contribution is -0.384. The summed E-state index contributed by atoms with van der Waals surface area (Å²) < 4.78 is 10.4. The van der Waals surface area contributed by atoms with Crippen molar-refractivity contribution in [3.8, 4) is 22.9 Å². The van der Waals surface area contributed by atoms with Crippen LogP contribution >= 0.6 is 0 Å². The van der Waals surface area contributed by atoms with Gasteiger partial charge in [0, 0.05) is 12.1 Å². The second-order valence-electron chi connectivity index (χ2n) is 5.44. The summed E-state index contributed by atoms with van der Waals surface area (Å²) in [6.07, 6.45) is 0. The van der Waals surface area contributed by atoms with E-state index in [1.165, 1.54) is 25.3 Å². The molecule has 3 aromatic rings. The van der Waals surface area contributed by atoms with Crippen molar-refractivity contribution in [2.24, 2.45) is 5.73 Å². The van der Waals surface area contributed by atoms with Crippen molar-refractivity contribution in [2.75, 3.05) is 14.2 Å². The van der Waals surface area contributed by atoms with Crippen molar-refractivity contribution >= 4 is 5.69 Å². The molecule has 26 heavy (non-hydrogen) atoms. The number of non-ortho nitro benzene ring substituents is 1. The highest BCUT2D eigenvalue weighted by Crippen LogP contribution is 2.32. The van der Waals surface area contributed by atoms with Gasteiger partial charge >= 0.3 is 0 Å². The van der Waals surface area contributed by atoms with Crippen LogP contribution in [-0.4, -0.2) is 34.3 Å². The number of nitrogens with one attached hydrogen (secondary N) is 1. The molecule has 0 fully saturated rings. The number of nitro benzene ring substituents is 1. The third-order valence-electron chi connectivity index (χ3n) is 3.91. The molecule has 9 heteroatoms. The molecular formula is C17H17N5O4. The van der Waals surface area contributed by atoms with Gasteiger partial charge in [0.1, 0.15) is 17.3 Å². The molecule has 3 N–H and O–H groups in total. The first-order valence-electron chi connectivity index (χ1n) is 7.68. The number of hydrogen-bond donors (Lipinski definition) is 2. The summed E-state index contributed by atoms with van der Waals surface area (Å²) in [4.78, 5) is 14.9. The minimum absolute atomic E-state index is 0.0772. The van der Waals surface area contributed by atoms with E-state index in [1.807, 2.05) is 12.1 Å². The van der Waals surface area contributed by atoms with Crippen molar-refractivity contribution in [3.05, 3.63) is 64.0 Å². The fourth-order valence-corrected chi connectivity index (χ4v) is 2.49. The molecule has 0 radical (unpaired) electrons. The number of benzene rings is 2. The highest BCUT2D eigenvalue weighted by atomic mass is 16.6. The predicted molar refractivity (Wildman–Crippen MR) is 94.0 cm³/mol. The Labute approximate surface area is 148 Å². The minimum atomic E-state index is -0.535. The molecule has 0 saturated heterocycles. The first-order valence-corrected chi connectivity index (χ1v) is 7.68. The van der Waals surface area contributed by atoms with Gasteiger partial charge in [0.15, 0.2) is 5.82 Å². The van der Waals surface area contributed by atoms with E-state index < -0.39 is 11.0 Å². The molecule has 134 valence electrons. The Balaban J connectivity index is 1.94. The Bertz CT molecular complexity index is 923. The summed E-state index contributed by atoms with van der Waals surface area (Å²) in [5.74, 6) is 1.85. The van der Waals surface area contributed by atoms with Crippen molar-refractivity contribution in [1.82, 2.24) is 15.2 Å². The first kappa shape index (κ1) is 17.4. The van der Waals surface area contributed by atoms with Crippen LogP contribution in [0.2, 0.25) is 0 Å². The van der Waals surface area contributed by atoms with E-state index >= 15 is 0 Å². The number of nitro groups is 1. The number of nitrogens with zero attached hydrogens (tertiary/aromatic N) is 3. The van der Waals surface area contributed by atoms with Crippen LogP contribution in [0.4, 0.5) is 5.69 Å². The summed E-state index contributed by atoms with van der Waals surface area (Å²) in [5, 5.41) is 17.9. The lowest BCUT2D eigenvalue weighted by Gasteiger charge is -2.09. The number of aromatic amines is 1. The van der Waals surface area contributed by atoms with Crippen LogP contribution in [-0.2, 0) is 0 Å².